The van der Waals surface area contributed by atoms with E-state index in [1.165, 1.54) is 131 Å². The highest BCUT2D eigenvalue weighted by Crippen LogP contribution is 2.49. The molecule has 0 saturated carbocycles. The van der Waals surface area contributed by atoms with Crippen molar-refractivity contribution in [3.05, 3.63) is 480 Å². The molecule has 0 aliphatic rings. The highest BCUT2D eigenvalue weighted by molar-refractivity contribution is 6.24. The summed E-state index contributed by atoms with van der Waals surface area (Å²) in [5.74, 6) is 2.66. The number of fused-ring (bicyclic) bond motifs is 17. The summed E-state index contributed by atoms with van der Waals surface area (Å²) in [6.45, 7) is 0. The fraction of sp³-hybridized carbons (Fsp3) is 0. The van der Waals surface area contributed by atoms with Crippen molar-refractivity contribution < 1.29 is 0 Å². The molecular weight excluding hydrogens is 1620 g/mol. The number of hydrogen-bond acceptors (Lipinski definition) is 6. The van der Waals surface area contributed by atoms with Gasteiger partial charge >= 0.3 is 0 Å². The van der Waals surface area contributed by atoms with E-state index >= 15 is 0 Å². The summed E-state index contributed by atoms with van der Waals surface area (Å²) >= 11 is 0. The second kappa shape index (κ2) is 32.7. The first-order valence-electron chi connectivity index (χ1n) is 45.1. The minimum atomic E-state index is 0.881. The van der Waals surface area contributed by atoms with Crippen LogP contribution in [0.15, 0.2) is 480 Å². The van der Waals surface area contributed by atoms with Crippen LogP contribution in [0.5, 0.6) is 0 Å². The minimum Gasteiger partial charge on any atom is -0.276 e. The first-order chi connectivity index (χ1) is 66.0. The van der Waals surface area contributed by atoms with Crippen molar-refractivity contribution in [1.82, 2.24) is 43.1 Å². The summed E-state index contributed by atoms with van der Waals surface area (Å²) in [6, 6.07) is 164. The molecule has 27 rings (SSSR count). The molecule has 9 aromatic heterocycles. The number of hydrogen-bond donors (Lipinski definition) is 0. The van der Waals surface area contributed by atoms with Gasteiger partial charge in [0.05, 0.1) is 33.6 Å². The molecule has 0 aliphatic carbocycles. The van der Waals surface area contributed by atoms with Crippen LogP contribution >= 0.6 is 0 Å². The van der Waals surface area contributed by atoms with E-state index in [1.54, 1.807) is 0 Å². The van der Waals surface area contributed by atoms with Crippen LogP contribution < -0.4 is 0 Å². The van der Waals surface area contributed by atoms with Crippen LogP contribution in [-0.2, 0) is 0 Å². The van der Waals surface area contributed by atoms with Gasteiger partial charge < -0.3 is 0 Å². The van der Waals surface area contributed by atoms with Gasteiger partial charge in [-0.05, 0) is 216 Å². The highest BCUT2D eigenvalue weighted by Gasteiger charge is 2.25. The SMILES string of the molecule is c1ccc(-c2c3ccccc3c(-c3ccc(-c4nc(-c5ccccc5)c5ccc6cccnc6n45)cc3)c3ccccc23)cc1.c1ccc(-c2nc(-c3ccc(-c4c5ccccc5c(-c5ccc6ccccc6c5)c5ccccc45)cc3)n3c2ccc2cccnc23)cc1.c1ccc(-c2nc(-c3ccc(-c4cc5ccccc5c5ccccc45)cc3)n3c2ccc2cccnc23)cc1. The van der Waals surface area contributed by atoms with E-state index in [1.807, 2.05) is 55.0 Å². The van der Waals surface area contributed by atoms with E-state index in [9.17, 15) is 0 Å². The Morgan fingerprint density at radius 3 is 0.774 bits per heavy atom. The Bertz CT molecular complexity index is 9120. The van der Waals surface area contributed by atoms with Gasteiger partial charge in [-0.2, -0.15) is 0 Å². The Morgan fingerprint density at radius 1 is 0.150 bits per heavy atom. The Labute approximate surface area is 766 Å². The quantitative estimate of drug-likeness (QED) is 0.0947. The summed E-state index contributed by atoms with van der Waals surface area (Å²) < 4.78 is 6.60. The van der Waals surface area contributed by atoms with Gasteiger partial charge in [-0.25, -0.2) is 29.9 Å². The van der Waals surface area contributed by atoms with Gasteiger partial charge in [0, 0.05) is 68.1 Å². The first kappa shape index (κ1) is 77.4. The van der Waals surface area contributed by atoms with Crippen LogP contribution in [0.2, 0.25) is 0 Å². The summed E-state index contributed by atoms with van der Waals surface area (Å²) in [7, 11) is 0. The van der Waals surface area contributed by atoms with Gasteiger partial charge in [0.25, 0.3) is 0 Å². The van der Waals surface area contributed by atoms with Gasteiger partial charge in [-0.15, -0.1) is 0 Å². The van der Waals surface area contributed by atoms with E-state index in [2.05, 4.69) is 438 Å². The van der Waals surface area contributed by atoms with Crippen molar-refractivity contribution >= 4 is 125 Å². The lowest BCUT2D eigenvalue weighted by Crippen LogP contribution is -1.94. The fourth-order valence-electron chi connectivity index (χ4n) is 20.2. The molecule has 9 heteroatoms. The predicted octanol–water partition coefficient (Wildman–Crippen LogP) is 32.1. The number of aromatic nitrogens is 9. The highest BCUT2D eigenvalue weighted by atomic mass is 15.1. The number of rotatable bonds is 11. The normalized spacial score (nSPS) is 11.6. The molecule has 0 aliphatic heterocycles. The number of imidazole rings is 3. The maximum Gasteiger partial charge on any atom is 0.146 e. The van der Waals surface area contributed by atoms with E-state index in [0.29, 0.717) is 0 Å². The van der Waals surface area contributed by atoms with Crippen LogP contribution in [0, 0.1) is 0 Å². The molecule has 0 N–H and O–H groups in total. The monoisotopic (exact) mass is 1690 g/mol. The lowest BCUT2D eigenvalue weighted by molar-refractivity contribution is 1.17. The Hall–Kier alpha value is -17.9. The minimum absolute atomic E-state index is 0.881. The van der Waals surface area contributed by atoms with E-state index < -0.39 is 0 Å². The van der Waals surface area contributed by atoms with E-state index in [4.69, 9.17) is 29.9 Å². The van der Waals surface area contributed by atoms with Gasteiger partial charge in [0.2, 0.25) is 0 Å². The lowest BCUT2D eigenvalue weighted by atomic mass is 9.85. The second-order valence-electron chi connectivity index (χ2n) is 33.9. The van der Waals surface area contributed by atoms with Gasteiger partial charge in [0.1, 0.15) is 34.4 Å². The van der Waals surface area contributed by atoms with Gasteiger partial charge in [-0.3, -0.25) is 13.2 Å². The van der Waals surface area contributed by atoms with E-state index in [-0.39, 0.29) is 0 Å². The third-order valence-corrected chi connectivity index (χ3v) is 26.3. The molecule has 0 radical (unpaired) electrons. The Morgan fingerprint density at radius 2 is 0.406 bits per heavy atom. The van der Waals surface area contributed by atoms with Gasteiger partial charge in [0.15, 0.2) is 0 Å². The Kier molecular flexibility index (Phi) is 19.1. The van der Waals surface area contributed by atoms with Crippen LogP contribution in [0.1, 0.15) is 0 Å². The van der Waals surface area contributed by atoms with Crippen LogP contribution in [0.25, 0.3) is 249 Å². The average Bonchev–Trinajstić information content (AvgIpc) is 1.39. The maximum atomic E-state index is 5.27. The van der Waals surface area contributed by atoms with Gasteiger partial charge in [-0.1, -0.05) is 376 Å². The third kappa shape index (κ3) is 13.5. The van der Waals surface area contributed by atoms with E-state index in [0.717, 1.165) is 118 Å². The summed E-state index contributed by atoms with van der Waals surface area (Å²) in [5.41, 5.74) is 27.4. The molecule has 0 fully saturated rings. The van der Waals surface area contributed by atoms with Crippen molar-refractivity contribution in [3.8, 4) is 124 Å². The number of nitrogens with zero attached hydrogens (tertiary/aromatic N) is 9. The molecule has 18 aromatic carbocycles. The van der Waals surface area contributed by atoms with Crippen LogP contribution in [-0.4, -0.2) is 43.1 Å². The summed E-state index contributed by atoms with van der Waals surface area (Å²) in [6.07, 6.45) is 5.56. The average molecular weight is 1700 g/mol. The molecule has 27 aromatic rings. The zero-order valence-corrected chi connectivity index (χ0v) is 72.1. The number of pyridine rings is 6. The molecule has 133 heavy (non-hydrogen) atoms. The van der Waals surface area contributed by atoms with Crippen molar-refractivity contribution in [1.29, 1.82) is 0 Å². The Balaban J connectivity index is 0.000000108. The largest absolute Gasteiger partial charge is 0.276 e. The molecule has 0 spiro atoms. The molecular formula is C124H79N9. The summed E-state index contributed by atoms with van der Waals surface area (Å²) in [4.78, 5) is 30.1. The molecule has 0 amide bonds. The number of benzene rings is 18. The topological polar surface area (TPSA) is 90.6 Å². The van der Waals surface area contributed by atoms with Crippen molar-refractivity contribution in [3.63, 3.8) is 0 Å². The molecule has 9 heterocycles. The molecule has 0 bridgehead atoms. The van der Waals surface area contributed by atoms with Crippen molar-refractivity contribution in [2.75, 3.05) is 0 Å². The maximum absolute atomic E-state index is 5.27. The smallest absolute Gasteiger partial charge is 0.146 e. The molecule has 0 saturated heterocycles. The standard InChI is InChI=1S/C46H29N3.C42H27N3.C36H23N3/c1-2-12-32(13-3-1)44-41-27-26-33-15-10-28-47-45(33)49(41)46(48-44)34-23-21-31(22-24-34)42-37-16-6-8-18-39(37)43(40-19-9-7-17-38(40)42)36-25-20-30-11-4-5-14-35(30)29-36;1-3-12-28(13-4-1)38-33-17-7-9-19-35(33)39(36-20-10-8-18-34(36)38)29-21-23-32(24-22-29)42-44-40(30-14-5-2-6-15-30)37-26-25-31-16-11-27-43-41(31)45(37)42;1-2-9-25(10-3-1)34-33-21-20-26-12-8-22-37-35(26)39(33)36(38-34)27-18-16-24(17-19-27)32-23-28-11-4-5-13-29(28)30-14-6-7-15-31(30)32/h1-29H;1-27H;1-23H. The fourth-order valence-corrected chi connectivity index (χ4v) is 20.2. The van der Waals surface area contributed by atoms with Crippen molar-refractivity contribution in [2.24, 2.45) is 0 Å². The van der Waals surface area contributed by atoms with Crippen LogP contribution in [0.4, 0.5) is 0 Å². The zero-order valence-electron chi connectivity index (χ0n) is 72.1. The summed E-state index contributed by atoms with van der Waals surface area (Å²) in [5, 5.41) is 20.8. The molecule has 9 nitrogen and oxygen atoms in total. The molecule has 0 atom stereocenters. The predicted molar refractivity (Wildman–Crippen MR) is 554 cm³/mol. The first-order valence-corrected chi connectivity index (χ1v) is 45.1. The third-order valence-electron chi connectivity index (χ3n) is 26.3. The molecule has 0 unspecified atom stereocenters. The van der Waals surface area contributed by atoms with Crippen LogP contribution in [0.3, 0.4) is 0 Å². The molecule has 620 valence electrons. The zero-order chi connectivity index (χ0) is 87.8. The second-order valence-corrected chi connectivity index (χ2v) is 33.9. The van der Waals surface area contributed by atoms with Crippen molar-refractivity contribution in [2.45, 2.75) is 0 Å². The lowest BCUT2D eigenvalue weighted by Gasteiger charge is -2.18.